The van der Waals surface area contributed by atoms with E-state index < -0.39 is 0 Å². The molecule has 0 amide bonds. The summed E-state index contributed by atoms with van der Waals surface area (Å²) < 4.78 is 13.8. The van der Waals surface area contributed by atoms with Gasteiger partial charge in [-0.2, -0.15) is 0 Å². The highest BCUT2D eigenvalue weighted by molar-refractivity contribution is 6.30. The van der Waals surface area contributed by atoms with E-state index in [1.165, 1.54) is 0 Å². The lowest BCUT2D eigenvalue weighted by atomic mass is 9.82. The van der Waals surface area contributed by atoms with Crippen LogP contribution in [-0.2, 0) is 6.42 Å². The predicted octanol–water partition coefficient (Wildman–Crippen LogP) is 4.44. The van der Waals surface area contributed by atoms with Gasteiger partial charge < -0.3 is 5.32 Å². The van der Waals surface area contributed by atoms with Crippen LogP contribution in [0.3, 0.4) is 0 Å². The number of rotatable bonds is 7. The van der Waals surface area contributed by atoms with E-state index in [1.807, 2.05) is 12.1 Å². The minimum absolute atomic E-state index is 0.0757. The van der Waals surface area contributed by atoms with E-state index in [9.17, 15) is 4.39 Å². The standard InChI is InChI=1S/C15H23ClFN/c1-4-9-18-10-8-15(2,3)11-12-6-5-7-13(16)14(12)17/h5-7,18H,4,8-11H2,1-3H3. The lowest BCUT2D eigenvalue weighted by Crippen LogP contribution is -2.24. The maximum atomic E-state index is 13.8. The number of hydrogen-bond acceptors (Lipinski definition) is 1. The van der Waals surface area contributed by atoms with E-state index in [0.29, 0.717) is 12.0 Å². The van der Waals surface area contributed by atoms with Crippen molar-refractivity contribution in [3.05, 3.63) is 34.6 Å². The molecule has 1 nitrogen and oxygen atoms in total. The largest absolute Gasteiger partial charge is 0.317 e. The van der Waals surface area contributed by atoms with E-state index >= 15 is 0 Å². The molecule has 102 valence electrons. The third-order valence-electron chi connectivity index (χ3n) is 3.11. The summed E-state index contributed by atoms with van der Waals surface area (Å²) in [7, 11) is 0. The van der Waals surface area contributed by atoms with Crippen molar-refractivity contribution in [2.24, 2.45) is 5.41 Å². The first-order valence-electron chi connectivity index (χ1n) is 6.60. The molecule has 0 heterocycles. The van der Waals surface area contributed by atoms with Crippen molar-refractivity contribution in [3.63, 3.8) is 0 Å². The molecule has 0 unspecified atom stereocenters. The maximum Gasteiger partial charge on any atom is 0.144 e. The van der Waals surface area contributed by atoms with Crippen LogP contribution >= 0.6 is 11.6 Å². The molecule has 1 aromatic rings. The molecule has 0 aliphatic rings. The Hall–Kier alpha value is -0.600. The van der Waals surface area contributed by atoms with Crippen LogP contribution in [0.1, 0.15) is 39.2 Å². The Kier molecular flexibility index (Phi) is 6.10. The van der Waals surface area contributed by atoms with Crippen molar-refractivity contribution < 1.29 is 4.39 Å². The molecule has 0 aliphatic heterocycles. The highest BCUT2D eigenvalue weighted by atomic mass is 35.5. The molecule has 3 heteroatoms. The third kappa shape index (κ3) is 4.95. The fourth-order valence-electron chi connectivity index (χ4n) is 2.02. The Morgan fingerprint density at radius 2 is 2.00 bits per heavy atom. The zero-order valence-corrected chi connectivity index (χ0v) is 12.3. The molecule has 0 aromatic heterocycles. The topological polar surface area (TPSA) is 12.0 Å². The van der Waals surface area contributed by atoms with Gasteiger partial charge in [-0.25, -0.2) is 4.39 Å². The van der Waals surface area contributed by atoms with Crippen molar-refractivity contribution >= 4 is 11.6 Å². The smallest absolute Gasteiger partial charge is 0.144 e. The minimum atomic E-state index is -0.270. The van der Waals surface area contributed by atoms with Crippen molar-refractivity contribution in [2.45, 2.75) is 40.0 Å². The maximum absolute atomic E-state index is 13.8. The van der Waals surface area contributed by atoms with Gasteiger partial charge in [-0.05, 0) is 49.4 Å². The van der Waals surface area contributed by atoms with Gasteiger partial charge in [0.15, 0.2) is 0 Å². The molecule has 18 heavy (non-hydrogen) atoms. The minimum Gasteiger partial charge on any atom is -0.317 e. The van der Waals surface area contributed by atoms with E-state index in [-0.39, 0.29) is 16.3 Å². The molecule has 0 spiro atoms. The highest BCUT2D eigenvalue weighted by Gasteiger charge is 2.20. The summed E-state index contributed by atoms with van der Waals surface area (Å²) >= 11 is 5.80. The van der Waals surface area contributed by atoms with Crippen LogP contribution in [0.4, 0.5) is 4.39 Å². The van der Waals surface area contributed by atoms with Crippen LogP contribution in [0, 0.1) is 11.2 Å². The lowest BCUT2D eigenvalue weighted by molar-refractivity contribution is 0.321. The highest BCUT2D eigenvalue weighted by Crippen LogP contribution is 2.28. The van der Waals surface area contributed by atoms with Gasteiger partial charge in [-0.3, -0.25) is 0 Å². The van der Waals surface area contributed by atoms with Crippen LogP contribution in [0.2, 0.25) is 5.02 Å². The fraction of sp³-hybridized carbons (Fsp3) is 0.600. The van der Waals surface area contributed by atoms with Gasteiger partial charge in [-0.1, -0.05) is 44.5 Å². The number of halogens is 2. The van der Waals surface area contributed by atoms with Crippen molar-refractivity contribution in [1.82, 2.24) is 5.32 Å². The van der Waals surface area contributed by atoms with Gasteiger partial charge in [0.05, 0.1) is 5.02 Å². The summed E-state index contributed by atoms with van der Waals surface area (Å²) in [6, 6.07) is 5.23. The number of hydrogen-bond donors (Lipinski definition) is 1. The zero-order chi connectivity index (χ0) is 13.6. The molecular formula is C15H23ClFN. The summed E-state index contributed by atoms with van der Waals surface area (Å²) in [6.45, 7) is 8.51. The molecular weight excluding hydrogens is 249 g/mol. The quantitative estimate of drug-likeness (QED) is 0.723. The van der Waals surface area contributed by atoms with Crippen LogP contribution in [0.15, 0.2) is 18.2 Å². The van der Waals surface area contributed by atoms with Gasteiger partial charge in [0.25, 0.3) is 0 Å². The molecule has 0 saturated heterocycles. The second-order valence-corrected chi connectivity index (χ2v) is 5.96. The normalized spacial score (nSPS) is 11.8. The van der Waals surface area contributed by atoms with Crippen molar-refractivity contribution in [3.8, 4) is 0 Å². The van der Waals surface area contributed by atoms with Gasteiger partial charge in [0, 0.05) is 0 Å². The van der Waals surface area contributed by atoms with Gasteiger partial charge >= 0.3 is 0 Å². The second kappa shape index (κ2) is 7.10. The summed E-state index contributed by atoms with van der Waals surface area (Å²) in [5, 5.41) is 3.60. The zero-order valence-electron chi connectivity index (χ0n) is 11.5. The first kappa shape index (κ1) is 15.5. The van der Waals surface area contributed by atoms with Crippen LogP contribution in [-0.4, -0.2) is 13.1 Å². The average Bonchev–Trinajstić information content (AvgIpc) is 2.31. The summed E-state index contributed by atoms with van der Waals surface area (Å²) in [6.07, 6.45) is 2.88. The van der Waals surface area contributed by atoms with E-state index in [0.717, 1.165) is 25.9 Å². The molecule has 0 aliphatic carbocycles. The first-order valence-corrected chi connectivity index (χ1v) is 6.97. The molecule has 0 fully saturated rings. The molecule has 1 rings (SSSR count). The summed E-state index contributed by atoms with van der Waals surface area (Å²) in [5.74, 6) is -0.270. The van der Waals surface area contributed by atoms with Gasteiger partial charge in [0.1, 0.15) is 5.82 Å². The number of nitrogens with one attached hydrogen (secondary N) is 1. The summed E-state index contributed by atoms with van der Waals surface area (Å²) in [4.78, 5) is 0. The fourth-order valence-corrected chi connectivity index (χ4v) is 2.21. The van der Waals surface area contributed by atoms with Crippen LogP contribution < -0.4 is 5.32 Å². The molecule has 0 atom stereocenters. The average molecular weight is 272 g/mol. The van der Waals surface area contributed by atoms with Crippen molar-refractivity contribution in [1.29, 1.82) is 0 Å². The lowest BCUT2D eigenvalue weighted by Gasteiger charge is -2.25. The van der Waals surface area contributed by atoms with Crippen LogP contribution in [0.5, 0.6) is 0 Å². The molecule has 0 bridgehead atoms. The van der Waals surface area contributed by atoms with Gasteiger partial charge in [0.2, 0.25) is 0 Å². The number of benzene rings is 1. The Balaban J connectivity index is 2.56. The van der Waals surface area contributed by atoms with E-state index in [4.69, 9.17) is 11.6 Å². The van der Waals surface area contributed by atoms with Crippen molar-refractivity contribution in [2.75, 3.05) is 13.1 Å². The molecule has 0 radical (unpaired) electrons. The Morgan fingerprint density at radius 3 is 2.67 bits per heavy atom. The van der Waals surface area contributed by atoms with Crippen LogP contribution in [0.25, 0.3) is 0 Å². The Bertz CT molecular complexity index is 377. The predicted molar refractivity (Wildman–Crippen MR) is 76.7 cm³/mol. The second-order valence-electron chi connectivity index (χ2n) is 5.55. The van der Waals surface area contributed by atoms with E-state index in [2.05, 4.69) is 26.1 Å². The monoisotopic (exact) mass is 271 g/mol. The third-order valence-corrected chi connectivity index (χ3v) is 3.40. The Morgan fingerprint density at radius 1 is 1.28 bits per heavy atom. The van der Waals surface area contributed by atoms with E-state index in [1.54, 1.807) is 6.07 Å². The first-order chi connectivity index (χ1) is 8.46. The molecule has 0 saturated carbocycles. The molecule has 1 N–H and O–H groups in total. The van der Waals surface area contributed by atoms with Gasteiger partial charge in [-0.15, -0.1) is 0 Å². The Labute approximate surface area is 115 Å². The SMILES string of the molecule is CCCNCCC(C)(C)Cc1cccc(Cl)c1F. The summed E-state index contributed by atoms with van der Waals surface area (Å²) in [5.41, 5.74) is 0.787. The molecule has 1 aromatic carbocycles.